The van der Waals surface area contributed by atoms with E-state index in [0.717, 1.165) is 22.4 Å². The first-order valence-corrected chi connectivity index (χ1v) is 8.99. The summed E-state index contributed by atoms with van der Waals surface area (Å²) in [5.74, 6) is 5.57. The minimum atomic E-state index is -1.03. The third-order valence-corrected chi connectivity index (χ3v) is 4.14. The third-order valence-electron chi connectivity index (χ3n) is 4.14. The van der Waals surface area contributed by atoms with Crippen LogP contribution in [-0.2, 0) is 7.05 Å². The van der Waals surface area contributed by atoms with E-state index in [-0.39, 0.29) is 5.91 Å². The minimum Gasteiger partial charge on any atom is -0.378 e. The molecule has 0 bridgehead atoms. The molecule has 0 spiro atoms. The van der Waals surface area contributed by atoms with Gasteiger partial charge in [0, 0.05) is 30.1 Å². The van der Waals surface area contributed by atoms with Crippen LogP contribution in [0.3, 0.4) is 0 Å². The highest BCUT2D eigenvalue weighted by molar-refractivity contribution is 6.06. The molecule has 0 unspecified atom stereocenters. The van der Waals surface area contributed by atoms with Crippen LogP contribution in [0.15, 0.2) is 54.7 Å². The van der Waals surface area contributed by atoms with Crippen LogP contribution in [0.2, 0.25) is 0 Å². The molecule has 0 saturated heterocycles. The van der Waals surface area contributed by atoms with Crippen LogP contribution >= 0.6 is 0 Å². The van der Waals surface area contributed by atoms with Crippen LogP contribution in [0.25, 0.3) is 11.1 Å². The number of carbonyl (C=O) groups is 1. The Morgan fingerprint density at radius 2 is 1.82 bits per heavy atom. The fourth-order valence-electron chi connectivity index (χ4n) is 2.81. The van der Waals surface area contributed by atoms with E-state index in [1.54, 1.807) is 31.8 Å². The molecule has 0 atom stereocenters. The van der Waals surface area contributed by atoms with E-state index >= 15 is 0 Å². The van der Waals surface area contributed by atoms with Crippen LogP contribution in [0, 0.1) is 18.8 Å². The summed E-state index contributed by atoms with van der Waals surface area (Å²) < 4.78 is 1.63. The molecule has 1 aromatic heterocycles. The number of aliphatic hydroxyl groups is 1. The van der Waals surface area contributed by atoms with Gasteiger partial charge in [0.1, 0.15) is 5.60 Å². The molecule has 0 aliphatic heterocycles. The van der Waals surface area contributed by atoms with Crippen LogP contribution in [0.1, 0.15) is 35.5 Å². The predicted octanol–water partition coefficient (Wildman–Crippen LogP) is 3.77. The summed E-state index contributed by atoms with van der Waals surface area (Å²) in [6, 6.07) is 15.4. The number of aryl methyl sites for hydroxylation is 2. The number of amides is 1. The Hall–Kier alpha value is -3.36. The number of benzene rings is 2. The molecule has 1 amide bonds. The summed E-state index contributed by atoms with van der Waals surface area (Å²) in [5.41, 5.74) is 3.64. The Morgan fingerprint density at radius 3 is 2.43 bits per heavy atom. The van der Waals surface area contributed by atoms with E-state index < -0.39 is 5.60 Å². The van der Waals surface area contributed by atoms with Gasteiger partial charge in [0.2, 0.25) is 0 Å². The smallest absolute Gasteiger partial charge is 0.259 e. The fourth-order valence-corrected chi connectivity index (χ4v) is 2.81. The van der Waals surface area contributed by atoms with Gasteiger partial charge in [-0.05, 0) is 44.5 Å². The lowest BCUT2D eigenvalue weighted by Crippen LogP contribution is -2.14. The van der Waals surface area contributed by atoms with Crippen LogP contribution in [0.5, 0.6) is 0 Å². The molecule has 3 rings (SSSR count). The molecule has 5 nitrogen and oxygen atoms in total. The maximum Gasteiger partial charge on any atom is 0.259 e. The van der Waals surface area contributed by atoms with Gasteiger partial charge in [0.25, 0.3) is 5.91 Å². The Labute approximate surface area is 165 Å². The Bertz CT molecular complexity index is 1060. The number of para-hydroxylation sites is 1. The summed E-state index contributed by atoms with van der Waals surface area (Å²) in [6.07, 6.45) is 1.71. The molecule has 5 heteroatoms. The van der Waals surface area contributed by atoms with Crippen molar-refractivity contribution in [2.75, 3.05) is 5.32 Å². The first kappa shape index (κ1) is 19.4. The molecule has 0 radical (unpaired) electrons. The predicted molar refractivity (Wildman–Crippen MR) is 111 cm³/mol. The number of aromatic nitrogens is 2. The number of hydrogen-bond acceptors (Lipinski definition) is 3. The first-order valence-electron chi connectivity index (χ1n) is 8.99. The zero-order valence-electron chi connectivity index (χ0n) is 16.4. The van der Waals surface area contributed by atoms with Gasteiger partial charge in [-0.3, -0.25) is 9.48 Å². The van der Waals surface area contributed by atoms with Crippen molar-refractivity contribution < 1.29 is 9.90 Å². The van der Waals surface area contributed by atoms with Gasteiger partial charge in [-0.25, -0.2) is 0 Å². The summed E-state index contributed by atoms with van der Waals surface area (Å²) in [5, 5.41) is 16.9. The van der Waals surface area contributed by atoms with Gasteiger partial charge in [-0.15, -0.1) is 0 Å². The van der Waals surface area contributed by atoms with Crippen molar-refractivity contribution in [1.82, 2.24) is 9.78 Å². The zero-order valence-corrected chi connectivity index (χ0v) is 16.4. The zero-order chi connectivity index (χ0) is 20.3. The highest BCUT2D eigenvalue weighted by atomic mass is 16.3. The molecular weight excluding hydrogens is 350 g/mol. The van der Waals surface area contributed by atoms with Crippen LogP contribution < -0.4 is 5.32 Å². The van der Waals surface area contributed by atoms with Gasteiger partial charge >= 0.3 is 0 Å². The number of rotatable bonds is 3. The first-order chi connectivity index (χ1) is 13.2. The van der Waals surface area contributed by atoms with Gasteiger partial charge in [-0.2, -0.15) is 5.10 Å². The SMILES string of the molecule is Cc1nn(C)cc1C(=O)Nc1ccccc1-c1ccc(C#CC(C)(C)O)cc1. The monoisotopic (exact) mass is 373 g/mol. The molecule has 2 aromatic carbocycles. The molecule has 28 heavy (non-hydrogen) atoms. The van der Waals surface area contributed by atoms with Gasteiger partial charge in [0.05, 0.1) is 11.3 Å². The molecule has 0 fully saturated rings. The number of anilines is 1. The second-order valence-electron chi connectivity index (χ2n) is 7.19. The highest BCUT2D eigenvalue weighted by Crippen LogP contribution is 2.28. The van der Waals surface area contributed by atoms with Crippen LogP contribution in [0.4, 0.5) is 5.69 Å². The Balaban J connectivity index is 1.87. The normalized spacial score (nSPS) is 10.9. The lowest BCUT2D eigenvalue weighted by Gasteiger charge is -2.11. The van der Waals surface area contributed by atoms with E-state index in [2.05, 4.69) is 22.3 Å². The highest BCUT2D eigenvalue weighted by Gasteiger charge is 2.14. The largest absolute Gasteiger partial charge is 0.378 e. The standard InChI is InChI=1S/C23H23N3O2/c1-16-20(15-26(4)25-16)22(27)24-21-8-6-5-7-19(21)18-11-9-17(10-12-18)13-14-23(2,3)28/h5-12,15,28H,1-4H3,(H,24,27). The molecular formula is C23H23N3O2. The Kier molecular flexibility index (Phi) is 5.34. The summed E-state index contributed by atoms with van der Waals surface area (Å²) in [6.45, 7) is 5.11. The number of nitrogens with zero attached hydrogens (tertiary/aromatic N) is 2. The van der Waals surface area contributed by atoms with Gasteiger partial charge in [0.15, 0.2) is 0 Å². The van der Waals surface area contributed by atoms with Gasteiger partial charge in [-0.1, -0.05) is 42.2 Å². The van der Waals surface area contributed by atoms with E-state index in [1.807, 2.05) is 55.5 Å². The lowest BCUT2D eigenvalue weighted by atomic mass is 10.0. The molecule has 0 saturated carbocycles. The summed E-state index contributed by atoms with van der Waals surface area (Å²) in [4.78, 5) is 12.7. The van der Waals surface area contributed by atoms with E-state index in [9.17, 15) is 9.90 Å². The topological polar surface area (TPSA) is 67.2 Å². The maximum absolute atomic E-state index is 12.7. The van der Waals surface area contributed by atoms with Crippen molar-refractivity contribution in [2.45, 2.75) is 26.4 Å². The van der Waals surface area contributed by atoms with Crippen molar-refractivity contribution >= 4 is 11.6 Å². The molecule has 0 aliphatic carbocycles. The lowest BCUT2D eigenvalue weighted by molar-refractivity contribution is 0.102. The average molecular weight is 373 g/mol. The molecule has 2 N–H and O–H groups in total. The number of nitrogens with one attached hydrogen (secondary N) is 1. The number of carbonyl (C=O) groups excluding carboxylic acids is 1. The quantitative estimate of drug-likeness (QED) is 0.687. The van der Waals surface area contributed by atoms with Crippen molar-refractivity contribution in [1.29, 1.82) is 0 Å². The minimum absolute atomic E-state index is 0.189. The van der Waals surface area contributed by atoms with Crippen molar-refractivity contribution in [2.24, 2.45) is 7.05 Å². The average Bonchev–Trinajstić information content (AvgIpc) is 2.99. The van der Waals surface area contributed by atoms with E-state index in [0.29, 0.717) is 11.3 Å². The van der Waals surface area contributed by atoms with E-state index in [4.69, 9.17) is 0 Å². The maximum atomic E-state index is 12.7. The van der Waals surface area contributed by atoms with Crippen molar-refractivity contribution in [3.8, 4) is 23.0 Å². The summed E-state index contributed by atoms with van der Waals surface area (Å²) >= 11 is 0. The number of hydrogen-bond donors (Lipinski definition) is 2. The van der Waals surface area contributed by atoms with Crippen molar-refractivity contribution in [3.63, 3.8) is 0 Å². The second kappa shape index (κ2) is 7.71. The van der Waals surface area contributed by atoms with Crippen LogP contribution in [-0.4, -0.2) is 26.4 Å². The van der Waals surface area contributed by atoms with Crippen molar-refractivity contribution in [3.05, 3.63) is 71.5 Å². The fraction of sp³-hybridized carbons (Fsp3) is 0.217. The van der Waals surface area contributed by atoms with E-state index in [1.165, 1.54) is 0 Å². The second-order valence-corrected chi connectivity index (χ2v) is 7.19. The molecule has 3 aromatic rings. The Morgan fingerprint density at radius 1 is 1.14 bits per heavy atom. The third kappa shape index (κ3) is 4.67. The molecule has 142 valence electrons. The molecule has 1 heterocycles. The van der Waals surface area contributed by atoms with Gasteiger partial charge < -0.3 is 10.4 Å². The molecule has 0 aliphatic rings. The summed E-state index contributed by atoms with van der Waals surface area (Å²) in [7, 11) is 1.79.